The van der Waals surface area contributed by atoms with Gasteiger partial charge in [-0.3, -0.25) is 0 Å². The van der Waals surface area contributed by atoms with Crippen molar-refractivity contribution >= 4 is 9.84 Å². The normalized spacial score (nSPS) is 32.8. The van der Waals surface area contributed by atoms with Gasteiger partial charge in [0.2, 0.25) is 0 Å². The molecule has 10 heavy (non-hydrogen) atoms. The van der Waals surface area contributed by atoms with E-state index in [-0.39, 0.29) is 11.3 Å². The van der Waals surface area contributed by atoms with Crippen LogP contribution in [0.3, 0.4) is 0 Å². The van der Waals surface area contributed by atoms with Crippen LogP contribution in [0.1, 0.15) is 19.8 Å². The minimum Gasteiger partial charge on any atom is -0.327 e. The molecular weight excluding hydrogens is 150 g/mol. The largest absolute Gasteiger partial charge is 0.327 e. The Morgan fingerprint density at radius 2 is 2.30 bits per heavy atom. The molecule has 0 aromatic rings. The molecule has 2 atom stereocenters. The third-order valence-corrected chi connectivity index (χ3v) is 4.41. The molecule has 1 rings (SSSR count). The van der Waals surface area contributed by atoms with E-state index < -0.39 is 9.84 Å². The number of sulfone groups is 1. The molecule has 2 unspecified atom stereocenters. The molecule has 3 nitrogen and oxygen atoms in total. The van der Waals surface area contributed by atoms with Crippen molar-refractivity contribution in [1.82, 2.24) is 0 Å². The smallest absolute Gasteiger partial charge is 0.154 e. The van der Waals surface area contributed by atoms with Crippen molar-refractivity contribution in [2.45, 2.75) is 31.1 Å². The van der Waals surface area contributed by atoms with Gasteiger partial charge >= 0.3 is 0 Å². The molecule has 0 radical (unpaired) electrons. The van der Waals surface area contributed by atoms with Gasteiger partial charge in [-0.15, -0.1) is 0 Å². The molecule has 1 fully saturated rings. The van der Waals surface area contributed by atoms with Crippen LogP contribution in [0.5, 0.6) is 0 Å². The van der Waals surface area contributed by atoms with Gasteiger partial charge in [0.1, 0.15) is 0 Å². The zero-order chi connectivity index (χ0) is 7.78. The lowest BCUT2D eigenvalue weighted by molar-refractivity contribution is 0.498. The lowest BCUT2D eigenvalue weighted by Crippen LogP contribution is -2.49. The number of hydrogen-bond acceptors (Lipinski definition) is 3. The van der Waals surface area contributed by atoms with Crippen molar-refractivity contribution in [2.24, 2.45) is 5.73 Å². The van der Waals surface area contributed by atoms with E-state index in [9.17, 15) is 8.42 Å². The summed E-state index contributed by atoms with van der Waals surface area (Å²) in [4.78, 5) is 0. The Hall–Kier alpha value is -0.0900. The summed E-state index contributed by atoms with van der Waals surface area (Å²) < 4.78 is 21.9. The van der Waals surface area contributed by atoms with Gasteiger partial charge in [0.15, 0.2) is 9.84 Å². The lowest BCUT2D eigenvalue weighted by Gasteiger charge is -2.30. The summed E-state index contributed by atoms with van der Waals surface area (Å²) in [5.41, 5.74) is 5.57. The average molecular weight is 163 g/mol. The molecule has 0 aliphatic carbocycles. The van der Waals surface area contributed by atoms with Gasteiger partial charge in [0.05, 0.1) is 11.0 Å². The van der Waals surface area contributed by atoms with E-state index in [0.29, 0.717) is 5.75 Å². The molecule has 1 heterocycles. The van der Waals surface area contributed by atoms with Crippen LogP contribution in [-0.4, -0.2) is 25.5 Å². The van der Waals surface area contributed by atoms with E-state index >= 15 is 0 Å². The standard InChI is InChI=1S/C6H13NO2S/c1-2-5(7)6-3-4-10(6,8)9/h5-6H,2-4,7H2,1H3. The summed E-state index contributed by atoms with van der Waals surface area (Å²) in [6.45, 7) is 1.92. The maximum Gasteiger partial charge on any atom is 0.154 e. The lowest BCUT2D eigenvalue weighted by atomic mass is 10.1. The van der Waals surface area contributed by atoms with Gasteiger partial charge in [-0.2, -0.15) is 0 Å². The Morgan fingerprint density at radius 1 is 1.70 bits per heavy atom. The van der Waals surface area contributed by atoms with Crippen molar-refractivity contribution in [3.8, 4) is 0 Å². The van der Waals surface area contributed by atoms with Gasteiger partial charge in [-0.05, 0) is 12.8 Å². The molecule has 1 aliphatic heterocycles. The fourth-order valence-electron chi connectivity index (χ4n) is 1.19. The van der Waals surface area contributed by atoms with Crippen molar-refractivity contribution in [3.05, 3.63) is 0 Å². The monoisotopic (exact) mass is 163 g/mol. The second kappa shape index (κ2) is 2.51. The fourth-order valence-corrected chi connectivity index (χ4v) is 2.81. The van der Waals surface area contributed by atoms with Crippen LogP contribution in [-0.2, 0) is 9.84 Å². The maximum absolute atomic E-state index is 10.9. The molecule has 0 bridgehead atoms. The predicted molar refractivity (Wildman–Crippen MR) is 40.5 cm³/mol. The van der Waals surface area contributed by atoms with E-state index in [0.717, 1.165) is 12.8 Å². The summed E-state index contributed by atoms with van der Waals surface area (Å²) >= 11 is 0. The molecule has 0 aromatic heterocycles. The molecule has 1 aliphatic rings. The molecule has 4 heteroatoms. The highest BCUT2D eigenvalue weighted by atomic mass is 32.2. The minimum atomic E-state index is -2.76. The molecular formula is C6H13NO2S. The fraction of sp³-hybridized carbons (Fsp3) is 1.00. The Bertz CT molecular complexity index is 210. The quantitative estimate of drug-likeness (QED) is 0.619. The maximum atomic E-state index is 10.9. The third kappa shape index (κ3) is 1.18. The van der Waals surface area contributed by atoms with Crippen molar-refractivity contribution in [2.75, 3.05) is 5.75 Å². The Kier molecular flexibility index (Phi) is 2.01. The van der Waals surface area contributed by atoms with Gasteiger partial charge in [0, 0.05) is 6.04 Å². The summed E-state index contributed by atoms with van der Waals surface area (Å²) in [5, 5.41) is -0.238. The minimum absolute atomic E-state index is 0.140. The first-order chi connectivity index (χ1) is 4.58. The van der Waals surface area contributed by atoms with Gasteiger partial charge in [-0.1, -0.05) is 6.92 Å². The molecule has 0 aromatic carbocycles. The van der Waals surface area contributed by atoms with Crippen LogP contribution in [0, 0.1) is 0 Å². The molecule has 60 valence electrons. The average Bonchev–Trinajstić information content (AvgIpc) is 1.86. The van der Waals surface area contributed by atoms with Crippen molar-refractivity contribution < 1.29 is 8.42 Å². The molecule has 2 N–H and O–H groups in total. The number of rotatable bonds is 2. The topological polar surface area (TPSA) is 60.2 Å². The highest BCUT2D eigenvalue weighted by Gasteiger charge is 2.38. The Morgan fingerprint density at radius 3 is 2.40 bits per heavy atom. The molecule has 0 spiro atoms. The second-order valence-electron chi connectivity index (χ2n) is 2.77. The summed E-state index contributed by atoms with van der Waals surface area (Å²) in [6, 6.07) is -0.140. The SMILES string of the molecule is CCC(N)C1CCS1(=O)=O. The number of nitrogens with two attached hydrogens (primary N) is 1. The van der Waals surface area contributed by atoms with Crippen LogP contribution in [0.4, 0.5) is 0 Å². The first-order valence-electron chi connectivity index (χ1n) is 3.55. The molecule has 0 saturated carbocycles. The van der Waals surface area contributed by atoms with Crippen LogP contribution < -0.4 is 5.73 Å². The van der Waals surface area contributed by atoms with Gasteiger partial charge < -0.3 is 5.73 Å². The van der Waals surface area contributed by atoms with Crippen LogP contribution >= 0.6 is 0 Å². The third-order valence-electron chi connectivity index (χ3n) is 2.10. The zero-order valence-electron chi connectivity index (χ0n) is 6.08. The first-order valence-corrected chi connectivity index (χ1v) is 5.26. The van der Waals surface area contributed by atoms with E-state index in [2.05, 4.69) is 0 Å². The second-order valence-corrected chi connectivity index (χ2v) is 5.11. The van der Waals surface area contributed by atoms with Gasteiger partial charge in [0.25, 0.3) is 0 Å². The molecule has 1 saturated heterocycles. The molecule has 0 amide bonds. The van der Waals surface area contributed by atoms with E-state index in [1.165, 1.54) is 0 Å². The Labute approximate surface area is 61.5 Å². The number of hydrogen-bond donors (Lipinski definition) is 1. The van der Waals surface area contributed by atoms with Crippen LogP contribution in [0.15, 0.2) is 0 Å². The zero-order valence-corrected chi connectivity index (χ0v) is 6.89. The summed E-state index contributed by atoms with van der Waals surface area (Å²) in [7, 11) is -2.76. The highest BCUT2D eigenvalue weighted by molar-refractivity contribution is 7.93. The summed E-state index contributed by atoms with van der Waals surface area (Å²) in [5.74, 6) is 0.339. The van der Waals surface area contributed by atoms with Gasteiger partial charge in [-0.25, -0.2) is 8.42 Å². The predicted octanol–water partition coefficient (Wildman–Crippen LogP) is -0.0892. The van der Waals surface area contributed by atoms with E-state index in [4.69, 9.17) is 5.73 Å². The van der Waals surface area contributed by atoms with Crippen LogP contribution in [0.25, 0.3) is 0 Å². The summed E-state index contributed by atoms with van der Waals surface area (Å²) in [6.07, 6.45) is 1.52. The first kappa shape index (κ1) is 8.01. The van der Waals surface area contributed by atoms with Crippen molar-refractivity contribution in [1.29, 1.82) is 0 Å². The van der Waals surface area contributed by atoms with Crippen LogP contribution in [0.2, 0.25) is 0 Å². The Balaban J connectivity index is 2.60. The van der Waals surface area contributed by atoms with E-state index in [1.807, 2.05) is 6.92 Å². The highest BCUT2D eigenvalue weighted by Crippen LogP contribution is 2.23. The van der Waals surface area contributed by atoms with E-state index in [1.54, 1.807) is 0 Å². The van der Waals surface area contributed by atoms with Crippen molar-refractivity contribution in [3.63, 3.8) is 0 Å².